The summed E-state index contributed by atoms with van der Waals surface area (Å²) >= 11 is 0. The first kappa shape index (κ1) is 11.9. The Morgan fingerprint density at radius 1 is 1.08 bits per heavy atom. The first-order valence-electron chi connectivity index (χ1n) is 3.61. The lowest BCUT2D eigenvalue weighted by molar-refractivity contribution is -0.144. The predicted molar refractivity (Wildman–Crippen MR) is 37.2 cm³/mol. The highest BCUT2D eigenvalue weighted by molar-refractivity contribution is 5.82. The van der Waals surface area contributed by atoms with E-state index in [2.05, 4.69) is 0 Å². The van der Waals surface area contributed by atoms with E-state index in [1.807, 2.05) is 0 Å². The predicted octanol–water partition coefficient (Wildman–Crippen LogP) is 1.76. The number of hydrogen-bond donors (Lipinski definition) is 1. The molecule has 0 spiro atoms. The number of carboxylic acid groups (broad SMARTS) is 1. The molecule has 0 aliphatic carbocycles. The number of ketones is 1. The third kappa shape index (κ3) is 8.84. The summed E-state index contributed by atoms with van der Waals surface area (Å²) in [6, 6.07) is 0. The van der Waals surface area contributed by atoms with Crippen molar-refractivity contribution in [2.24, 2.45) is 0 Å². The highest BCUT2D eigenvalue weighted by atomic mass is 19.4. The number of aliphatic carboxylic acids is 1. The van der Waals surface area contributed by atoms with Crippen molar-refractivity contribution in [3.05, 3.63) is 0 Å². The monoisotopic (exact) mass is 198 g/mol. The fourth-order valence-corrected chi connectivity index (χ4v) is 0.653. The van der Waals surface area contributed by atoms with Crippen molar-refractivity contribution >= 4 is 11.8 Å². The first-order valence-corrected chi connectivity index (χ1v) is 3.61. The molecule has 0 amide bonds. The molecule has 0 aliphatic heterocycles. The van der Waals surface area contributed by atoms with Crippen LogP contribution < -0.4 is 0 Å². The van der Waals surface area contributed by atoms with Crippen LogP contribution in [0.4, 0.5) is 13.2 Å². The van der Waals surface area contributed by atoms with Crippen molar-refractivity contribution in [1.29, 1.82) is 0 Å². The molecule has 0 saturated carbocycles. The Bertz CT molecular complexity index is 198. The molecule has 0 aromatic rings. The summed E-state index contributed by atoms with van der Waals surface area (Å²) in [5.41, 5.74) is 0. The van der Waals surface area contributed by atoms with Gasteiger partial charge in [-0.25, -0.2) is 0 Å². The van der Waals surface area contributed by atoms with E-state index in [-0.39, 0.29) is 6.42 Å². The molecule has 6 heteroatoms. The minimum Gasteiger partial charge on any atom is -0.481 e. The zero-order chi connectivity index (χ0) is 10.5. The van der Waals surface area contributed by atoms with E-state index in [1.54, 1.807) is 0 Å². The van der Waals surface area contributed by atoms with Crippen LogP contribution in [0.1, 0.15) is 25.7 Å². The van der Waals surface area contributed by atoms with Crippen molar-refractivity contribution in [2.45, 2.75) is 31.9 Å². The van der Waals surface area contributed by atoms with Crippen LogP contribution in [-0.4, -0.2) is 23.0 Å². The Labute approximate surface area is 72.5 Å². The zero-order valence-electron chi connectivity index (χ0n) is 6.73. The van der Waals surface area contributed by atoms with Gasteiger partial charge in [0.15, 0.2) is 0 Å². The van der Waals surface area contributed by atoms with E-state index in [9.17, 15) is 22.8 Å². The van der Waals surface area contributed by atoms with Crippen LogP contribution in [0.3, 0.4) is 0 Å². The summed E-state index contributed by atoms with van der Waals surface area (Å²) in [5.74, 6) is -1.85. The van der Waals surface area contributed by atoms with Crippen LogP contribution in [0.25, 0.3) is 0 Å². The molecule has 0 bridgehead atoms. The molecule has 0 heterocycles. The molecule has 1 N–H and O–H groups in total. The second kappa shape index (κ2) is 4.84. The number of carbonyl (C=O) groups is 2. The molecular weight excluding hydrogens is 189 g/mol. The van der Waals surface area contributed by atoms with Crippen molar-refractivity contribution < 1.29 is 27.9 Å². The van der Waals surface area contributed by atoms with Gasteiger partial charge in [-0.1, -0.05) is 0 Å². The zero-order valence-corrected chi connectivity index (χ0v) is 6.73. The van der Waals surface area contributed by atoms with Crippen LogP contribution in [0.15, 0.2) is 0 Å². The first-order chi connectivity index (χ1) is 5.81. The maximum absolute atomic E-state index is 11.5. The number of halogens is 3. The lowest BCUT2D eigenvalue weighted by atomic mass is 10.1. The summed E-state index contributed by atoms with van der Waals surface area (Å²) in [6.07, 6.45) is -6.89. The second-order valence-electron chi connectivity index (χ2n) is 2.55. The van der Waals surface area contributed by atoms with Crippen LogP contribution in [0.5, 0.6) is 0 Å². The fourth-order valence-electron chi connectivity index (χ4n) is 0.653. The number of rotatable bonds is 5. The number of hydrogen-bond acceptors (Lipinski definition) is 2. The standard InChI is InChI=1S/C7H9F3O3/c8-7(9,10)4-3-5(11)1-2-6(12)13/h1-4H2,(H,12,13). The van der Waals surface area contributed by atoms with Gasteiger partial charge in [0.2, 0.25) is 0 Å². The number of carbonyl (C=O) groups excluding carboxylic acids is 1. The Morgan fingerprint density at radius 3 is 2.00 bits per heavy atom. The topological polar surface area (TPSA) is 54.4 Å². The van der Waals surface area contributed by atoms with Crippen LogP contribution in [0.2, 0.25) is 0 Å². The molecule has 0 atom stereocenters. The fraction of sp³-hybridized carbons (Fsp3) is 0.714. The molecule has 0 aromatic heterocycles. The molecule has 3 nitrogen and oxygen atoms in total. The SMILES string of the molecule is O=C(O)CCC(=O)CCC(F)(F)F. The Hall–Kier alpha value is -1.07. The van der Waals surface area contributed by atoms with Crippen molar-refractivity contribution in [3.63, 3.8) is 0 Å². The molecule has 76 valence electrons. The van der Waals surface area contributed by atoms with Gasteiger partial charge in [0.1, 0.15) is 5.78 Å². The Balaban J connectivity index is 3.58. The molecule has 0 fully saturated rings. The van der Waals surface area contributed by atoms with Gasteiger partial charge >= 0.3 is 12.1 Å². The summed E-state index contributed by atoms with van der Waals surface area (Å²) < 4.78 is 34.6. The van der Waals surface area contributed by atoms with E-state index >= 15 is 0 Å². The molecule has 0 radical (unpaired) electrons. The van der Waals surface area contributed by atoms with E-state index in [0.29, 0.717) is 0 Å². The molecule has 0 saturated heterocycles. The Morgan fingerprint density at radius 2 is 1.62 bits per heavy atom. The summed E-state index contributed by atoms with van der Waals surface area (Å²) in [5, 5.41) is 8.12. The van der Waals surface area contributed by atoms with E-state index in [0.717, 1.165) is 0 Å². The minimum absolute atomic E-state index is 0.328. The molecular formula is C7H9F3O3. The Kier molecular flexibility index (Phi) is 4.44. The smallest absolute Gasteiger partial charge is 0.389 e. The third-order valence-corrected chi connectivity index (χ3v) is 1.31. The normalized spacial score (nSPS) is 11.3. The molecule has 0 aromatic carbocycles. The third-order valence-electron chi connectivity index (χ3n) is 1.31. The van der Waals surface area contributed by atoms with Crippen LogP contribution >= 0.6 is 0 Å². The highest BCUT2D eigenvalue weighted by Gasteiger charge is 2.27. The lowest BCUT2D eigenvalue weighted by Crippen LogP contribution is -2.11. The second-order valence-corrected chi connectivity index (χ2v) is 2.55. The van der Waals surface area contributed by atoms with Gasteiger partial charge in [-0.05, 0) is 0 Å². The lowest BCUT2D eigenvalue weighted by Gasteiger charge is -2.03. The molecule has 13 heavy (non-hydrogen) atoms. The van der Waals surface area contributed by atoms with Gasteiger partial charge in [0.05, 0.1) is 12.8 Å². The summed E-state index contributed by atoms with van der Waals surface area (Å²) in [7, 11) is 0. The van der Waals surface area contributed by atoms with Crippen molar-refractivity contribution in [2.75, 3.05) is 0 Å². The van der Waals surface area contributed by atoms with Crippen molar-refractivity contribution in [1.82, 2.24) is 0 Å². The minimum atomic E-state index is -4.35. The van der Waals surface area contributed by atoms with E-state index < -0.39 is 37.2 Å². The molecule has 0 rings (SSSR count). The summed E-state index contributed by atoms with van der Waals surface area (Å²) in [4.78, 5) is 20.6. The van der Waals surface area contributed by atoms with Gasteiger partial charge in [-0.2, -0.15) is 13.2 Å². The molecule has 0 unspecified atom stereocenters. The summed E-state index contributed by atoms with van der Waals surface area (Å²) in [6.45, 7) is 0. The van der Waals surface area contributed by atoms with Crippen molar-refractivity contribution in [3.8, 4) is 0 Å². The average Bonchev–Trinajstić information content (AvgIpc) is 1.95. The number of alkyl halides is 3. The van der Waals surface area contributed by atoms with Gasteiger partial charge < -0.3 is 5.11 Å². The quantitative estimate of drug-likeness (QED) is 0.732. The number of Topliss-reactive ketones (excluding diaryl/α,β-unsaturated/α-hetero) is 1. The average molecular weight is 198 g/mol. The van der Waals surface area contributed by atoms with E-state index in [4.69, 9.17) is 5.11 Å². The molecule has 0 aliphatic rings. The van der Waals surface area contributed by atoms with Crippen LogP contribution in [-0.2, 0) is 9.59 Å². The van der Waals surface area contributed by atoms with Crippen LogP contribution in [0, 0.1) is 0 Å². The van der Waals surface area contributed by atoms with Gasteiger partial charge in [-0.3, -0.25) is 9.59 Å². The maximum atomic E-state index is 11.5. The maximum Gasteiger partial charge on any atom is 0.389 e. The van der Waals surface area contributed by atoms with Gasteiger partial charge in [0.25, 0.3) is 0 Å². The van der Waals surface area contributed by atoms with Gasteiger partial charge in [0, 0.05) is 12.8 Å². The van der Waals surface area contributed by atoms with E-state index in [1.165, 1.54) is 0 Å². The largest absolute Gasteiger partial charge is 0.481 e. The van der Waals surface area contributed by atoms with Gasteiger partial charge in [-0.15, -0.1) is 0 Å². The number of carboxylic acids is 1. The highest BCUT2D eigenvalue weighted by Crippen LogP contribution is 2.21.